The molecule has 0 N–H and O–H groups in total. The van der Waals surface area contributed by atoms with Crippen molar-refractivity contribution in [3.05, 3.63) is 52.9 Å². The predicted octanol–water partition coefficient (Wildman–Crippen LogP) is 4.33. The number of carbonyl (C=O) groups excluding carboxylic acids is 3. The lowest BCUT2D eigenvalue weighted by Crippen LogP contribution is -2.47. The molecule has 2 aromatic heterocycles. The smallest absolute Gasteiger partial charge is 0.413 e. The Morgan fingerprint density at radius 1 is 1.14 bits per heavy atom. The van der Waals surface area contributed by atoms with E-state index in [0.29, 0.717) is 23.0 Å². The minimum atomic E-state index is -4.71. The highest BCUT2D eigenvalue weighted by atomic mass is 35.5. The topological polar surface area (TPSA) is 100 Å². The van der Waals surface area contributed by atoms with Gasteiger partial charge in [0.1, 0.15) is 0 Å². The molecule has 5 rings (SSSR count). The van der Waals surface area contributed by atoms with Gasteiger partial charge in [-0.05, 0) is 43.4 Å². The number of hydrogen-bond donors (Lipinski definition) is 0. The van der Waals surface area contributed by atoms with Crippen molar-refractivity contribution in [3.8, 4) is 0 Å². The Morgan fingerprint density at radius 2 is 1.83 bits per heavy atom. The Morgan fingerprint density at radius 3 is 2.48 bits per heavy atom. The molecule has 2 amide bonds. The molecule has 0 unspecified atom stereocenters. The molecule has 1 aromatic carbocycles. The number of rotatable bonds is 6. The first-order valence-corrected chi connectivity index (χ1v) is 14.0. The highest BCUT2D eigenvalue weighted by Crippen LogP contribution is 2.40. The number of fused-ring (bicyclic) bond motifs is 3. The van der Waals surface area contributed by atoms with Crippen LogP contribution in [-0.4, -0.2) is 81.6 Å². The molecule has 2 aliphatic heterocycles. The second-order valence-corrected chi connectivity index (χ2v) is 10.9. The van der Waals surface area contributed by atoms with E-state index in [9.17, 15) is 27.6 Å². The summed E-state index contributed by atoms with van der Waals surface area (Å²) in [5, 5.41) is 4.64. The zero-order valence-corrected chi connectivity index (χ0v) is 23.9. The van der Waals surface area contributed by atoms with E-state index in [1.54, 1.807) is 28.9 Å². The zero-order valence-electron chi connectivity index (χ0n) is 23.1. The summed E-state index contributed by atoms with van der Waals surface area (Å²) < 4.78 is 49.5. The molecule has 42 heavy (non-hydrogen) atoms. The maximum Gasteiger partial charge on any atom is 0.413 e. The molecule has 0 bridgehead atoms. The van der Waals surface area contributed by atoms with Crippen molar-refractivity contribution in [2.75, 3.05) is 38.2 Å². The average Bonchev–Trinajstić information content (AvgIpc) is 3.35. The molecule has 1 saturated heterocycles. The Kier molecular flexibility index (Phi) is 8.31. The minimum absolute atomic E-state index is 0.0548. The number of benzene rings is 1. The van der Waals surface area contributed by atoms with Crippen molar-refractivity contribution >= 4 is 46.4 Å². The van der Waals surface area contributed by atoms with Crippen LogP contribution in [0, 0.1) is 5.92 Å². The molecule has 4 heterocycles. The van der Waals surface area contributed by atoms with E-state index >= 15 is 0 Å². The van der Waals surface area contributed by atoms with Crippen molar-refractivity contribution < 1.29 is 32.3 Å². The fourth-order valence-corrected chi connectivity index (χ4v) is 5.88. The normalized spacial score (nSPS) is 16.7. The van der Waals surface area contributed by atoms with Crippen LogP contribution in [0.15, 0.2) is 36.5 Å². The van der Waals surface area contributed by atoms with Gasteiger partial charge >= 0.3 is 12.1 Å². The third-order valence-corrected chi connectivity index (χ3v) is 7.96. The lowest BCUT2D eigenvalue weighted by atomic mass is 9.93. The molecule has 1 fully saturated rings. The van der Waals surface area contributed by atoms with E-state index in [0.717, 1.165) is 29.1 Å². The zero-order chi connectivity index (χ0) is 30.2. The Labute approximate surface area is 245 Å². The summed E-state index contributed by atoms with van der Waals surface area (Å²) in [6, 6.07) is 5.57. The maximum absolute atomic E-state index is 14.4. The van der Waals surface area contributed by atoms with Crippen LogP contribution in [0.5, 0.6) is 0 Å². The average molecular weight is 607 g/mol. The van der Waals surface area contributed by atoms with Crippen LogP contribution >= 0.6 is 11.6 Å². The van der Waals surface area contributed by atoms with Crippen LogP contribution in [-0.2, 0) is 25.5 Å². The molecule has 14 heteroatoms. The number of aryl methyl sites for hydroxylation is 1. The molecule has 10 nitrogen and oxygen atoms in total. The minimum Gasteiger partial charge on any atom is -0.456 e. The molecule has 0 saturated carbocycles. The molecule has 2 aliphatic rings. The number of piperidine rings is 1. The Bertz CT molecular complexity index is 1490. The second kappa shape index (κ2) is 11.8. The van der Waals surface area contributed by atoms with Gasteiger partial charge in [0, 0.05) is 51.3 Å². The molecular formula is C28H30ClF3N6O4. The lowest BCUT2D eigenvalue weighted by molar-refractivity contribution is -0.191. The van der Waals surface area contributed by atoms with Crippen LogP contribution in [0.25, 0.3) is 5.65 Å². The van der Waals surface area contributed by atoms with E-state index < -0.39 is 42.5 Å². The lowest BCUT2D eigenvalue weighted by Gasteiger charge is -2.36. The molecule has 0 radical (unpaired) electrons. The molecule has 0 spiro atoms. The molecule has 224 valence electrons. The molecular weight excluding hydrogens is 577 g/mol. The fraction of sp³-hybridized carbons (Fsp3) is 0.464. The number of aromatic nitrogens is 3. The summed E-state index contributed by atoms with van der Waals surface area (Å²) >= 11 is 6.06. The summed E-state index contributed by atoms with van der Waals surface area (Å²) in [4.78, 5) is 45.0. The van der Waals surface area contributed by atoms with E-state index in [1.165, 1.54) is 31.0 Å². The SMILES string of the molecule is CC(=O)OCC(=O)N1CCC(C(=O)N(C)[C@@H](c2ccc(N3CCCc4c3cnc3cc(Cl)nn43)cc2)C(F)(F)F)CC1. The van der Waals surface area contributed by atoms with Gasteiger partial charge < -0.3 is 19.4 Å². The highest BCUT2D eigenvalue weighted by molar-refractivity contribution is 6.29. The third-order valence-electron chi connectivity index (χ3n) is 7.78. The second-order valence-electron chi connectivity index (χ2n) is 10.5. The summed E-state index contributed by atoms with van der Waals surface area (Å²) in [5.74, 6) is -2.28. The Hall–Kier alpha value is -3.87. The maximum atomic E-state index is 14.4. The van der Waals surface area contributed by atoms with E-state index in [-0.39, 0.29) is 31.5 Å². The van der Waals surface area contributed by atoms with Gasteiger partial charge in [-0.15, -0.1) is 0 Å². The fourth-order valence-electron chi connectivity index (χ4n) is 5.71. The highest BCUT2D eigenvalue weighted by Gasteiger charge is 2.46. The van der Waals surface area contributed by atoms with Gasteiger partial charge in [0.05, 0.1) is 17.6 Å². The van der Waals surface area contributed by atoms with Crippen LogP contribution in [0.3, 0.4) is 0 Å². The quantitative estimate of drug-likeness (QED) is 0.385. The van der Waals surface area contributed by atoms with Gasteiger partial charge in [0.15, 0.2) is 23.4 Å². The summed E-state index contributed by atoms with van der Waals surface area (Å²) in [6.07, 6.45) is -0.994. The van der Waals surface area contributed by atoms with E-state index in [1.807, 2.05) is 4.90 Å². The van der Waals surface area contributed by atoms with Crippen molar-refractivity contribution in [1.29, 1.82) is 0 Å². The summed E-state index contributed by atoms with van der Waals surface area (Å²) in [7, 11) is 1.17. The summed E-state index contributed by atoms with van der Waals surface area (Å²) in [5.41, 5.74) is 2.98. The van der Waals surface area contributed by atoms with Gasteiger partial charge in [0.25, 0.3) is 5.91 Å². The predicted molar refractivity (Wildman–Crippen MR) is 147 cm³/mol. The molecule has 3 aromatic rings. The number of esters is 1. The van der Waals surface area contributed by atoms with E-state index in [2.05, 4.69) is 10.1 Å². The molecule has 1 atom stereocenters. The monoisotopic (exact) mass is 606 g/mol. The van der Waals surface area contributed by atoms with Gasteiger partial charge in [0.2, 0.25) is 5.91 Å². The number of nitrogens with zero attached hydrogens (tertiary/aromatic N) is 6. The number of hydrogen-bond acceptors (Lipinski definition) is 7. The number of alkyl halides is 3. The number of anilines is 2. The number of likely N-dealkylation sites (tertiary alicyclic amines) is 1. The van der Waals surface area contributed by atoms with Crippen molar-refractivity contribution in [2.45, 2.75) is 44.8 Å². The van der Waals surface area contributed by atoms with Gasteiger partial charge in [-0.25, -0.2) is 9.50 Å². The Balaban J connectivity index is 1.31. The number of carbonyl (C=O) groups is 3. The van der Waals surface area contributed by atoms with Gasteiger partial charge in [-0.3, -0.25) is 14.4 Å². The third kappa shape index (κ3) is 6.01. The first-order valence-electron chi connectivity index (χ1n) is 13.6. The van der Waals surface area contributed by atoms with Crippen LogP contribution in [0.1, 0.15) is 43.5 Å². The van der Waals surface area contributed by atoms with Crippen LogP contribution < -0.4 is 4.90 Å². The first-order chi connectivity index (χ1) is 19.9. The van der Waals surface area contributed by atoms with Gasteiger partial charge in [-0.1, -0.05) is 23.7 Å². The number of halogens is 4. The number of ether oxygens (including phenoxy) is 1. The van der Waals surface area contributed by atoms with Crippen molar-refractivity contribution in [2.24, 2.45) is 5.92 Å². The number of amides is 2. The van der Waals surface area contributed by atoms with Gasteiger partial charge in [-0.2, -0.15) is 18.3 Å². The summed E-state index contributed by atoms with van der Waals surface area (Å²) in [6.45, 7) is 1.83. The van der Waals surface area contributed by atoms with Crippen molar-refractivity contribution in [1.82, 2.24) is 24.4 Å². The van der Waals surface area contributed by atoms with Crippen LogP contribution in [0.2, 0.25) is 5.15 Å². The molecule has 0 aliphatic carbocycles. The van der Waals surface area contributed by atoms with Crippen molar-refractivity contribution in [3.63, 3.8) is 0 Å². The van der Waals surface area contributed by atoms with Crippen LogP contribution in [0.4, 0.5) is 24.5 Å². The van der Waals surface area contributed by atoms with E-state index in [4.69, 9.17) is 16.3 Å². The first kappa shape index (κ1) is 29.6. The standard InChI is InChI=1S/C28H30ClF3N6O4/c1-17(39)42-16-25(40)36-12-9-19(10-13-36)27(41)35(2)26(28(30,31)32)18-5-7-20(8-6-18)37-11-3-4-21-22(37)15-33-24-14-23(29)34-38(21)24/h5-8,14-15,19,26H,3-4,9-13,16H2,1-2H3/t26-/m0/s1. The largest absolute Gasteiger partial charge is 0.456 e.